The van der Waals surface area contributed by atoms with E-state index in [1.54, 1.807) is 16.8 Å². The minimum Gasteiger partial charge on any atom is -0.326 e. The lowest BCUT2D eigenvalue weighted by Crippen LogP contribution is -2.45. The lowest BCUT2D eigenvalue weighted by Gasteiger charge is -2.28. The molecule has 2 aromatic carbocycles. The second kappa shape index (κ2) is 6.65. The highest BCUT2D eigenvalue weighted by Gasteiger charge is 2.37. The molecule has 4 heteroatoms. The average molecular weight is 308 g/mol. The maximum absolute atomic E-state index is 12.8. The highest BCUT2D eigenvalue weighted by atomic mass is 16.2. The summed E-state index contributed by atoms with van der Waals surface area (Å²) in [6.45, 7) is 0.485. The second-order valence-electron chi connectivity index (χ2n) is 5.79. The number of rotatable bonds is 4. The first-order valence-corrected chi connectivity index (χ1v) is 7.83. The average Bonchev–Trinajstić information content (AvgIpc) is 2.96. The van der Waals surface area contributed by atoms with E-state index < -0.39 is 0 Å². The molecule has 1 unspecified atom stereocenters. The number of nitrogens with zero attached hydrogens (tertiary/aromatic N) is 2. The van der Waals surface area contributed by atoms with E-state index in [4.69, 9.17) is 0 Å². The maximum Gasteiger partial charge on any atom is 0.249 e. The zero-order chi connectivity index (χ0) is 16.2. The molecule has 3 rings (SSSR count). The zero-order valence-corrected chi connectivity index (χ0v) is 13.2. The van der Waals surface area contributed by atoms with E-state index >= 15 is 0 Å². The number of amides is 2. The van der Waals surface area contributed by atoms with Crippen LogP contribution in [-0.4, -0.2) is 29.8 Å². The topological polar surface area (TPSA) is 40.6 Å². The van der Waals surface area contributed by atoms with E-state index in [-0.39, 0.29) is 17.9 Å². The molecule has 0 saturated carbocycles. The van der Waals surface area contributed by atoms with Crippen LogP contribution in [0.2, 0.25) is 0 Å². The Morgan fingerprint density at radius 2 is 1.70 bits per heavy atom. The zero-order valence-electron chi connectivity index (χ0n) is 13.2. The lowest BCUT2D eigenvalue weighted by atomic mass is 10.1. The molecule has 0 spiro atoms. The summed E-state index contributed by atoms with van der Waals surface area (Å²) in [5, 5.41) is 0. The number of hydrogen-bond donors (Lipinski definition) is 0. The third kappa shape index (κ3) is 3.26. The van der Waals surface area contributed by atoms with Gasteiger partial charge < -0.3 is 9.80 Å². The second-order valence-corrected chi connectivity index (χ2v) is 5.79. The quantitative estimate of drug-likeness (QED) is 0.871. The summed E-state index contributed by atoms with van der Waals surface area (Å²) >= 11 is 0. The van der Waals surface area contributed by atoms with Crippen LogP contribution in [0.25, 0.3) is 0 Å². The number of likely N-dealkylation sites (N-methyl/N-ethyl adjacent to an activating group) is 1. The minimum absolute atomic E-state index is 0.0296. The molecule has 118 valence electrons. The maximum atomic E-state index is 12.8. The molecular formula is C19H20N2O2. The van der Waals surface area contributed by atoms with Gasteiger partial charge in [-0.1, -0.05) is 48.5 Å². The van der Waals surface area contributed by atoms with E-state index in [9.17, 15) is 9.59 Å². The fourth-order valence-electron chi connectivity index (χ4n) is 2.97. The molecule has 0 bridgehead atoms. The summed E-state index contributed by atoms with van der Waals surface area (Å²) in [7, 11) is 1.77. The molecule has 4 nitrogen and oxygen atoms in total. The van der Waals surface area contributed by atoms with Crippen LogP contribution >= 0.6 is 0 Å². The van der Waals surface area contributed by atoms with E-state index in [1.807, 2.05) is 60.7 Å². The summed E-state index contributed by atoms with van der Waals surface area (Å²) < 4.78 is 0. The SMILES string of the molecule is CN(C(=O)C1CCC(=O)N1Cc1ccccc1)c1ccccc1. The van der Waals surface area contributed by atoms with Crippen LogP contribution in [0.15, 0.2) is 60.7 Å². The van der Waals surface area contributed by atoms with Gasteiger partial charge in [-0.15, -0.1) is 0 Å². The van der Waals surface area contributed by atoms with Gasteiger partial charge in [-0.2, -0.15) is 0 Å². The van der Waals surface area contributed by atoms with Crippen LogP contribution in [0.4, 0.5) is 5.69 Å². The largest absolute Gasteiger partial charge is 0.326 e. The predicted molar refractivity (Wildman–Crippen MR) is 89.9 cm³/mol. The van der Waals surface area contributed by atoms with Crippen LogP contribution < -0.4 is 4.90 Å². The molecule has 0 aliphatic carbocycles. The number of carbonyl (C=O) groups excluding carboxylic acids is 2. The van der Waals surface area contributed by atoms with Crippen molar-refractivity contribution in [1.82, 2.24) is 4.90 Å². The van der Waals surface area contributed by atoms with Crippen molar-refractivity contribution in [2.75, 3.05) is 11.9 Å². The van der Waals surface area contributed by atoms with Crippen LogP contribution in [0.3, 0.4) is 0 Å². The number of carbonyl (C=O) groups is 2. The van der Waals surface area contributed by atoms with E-state index in [2.05, 4.69) is 0 Å². The number of likely N-dealkylation sites (tertiary alicyclic amines) is 1. The van der Waals surface area contributed by atoms with Crippen molar-refractivity contribution in [2.45, 2.75) is 25.4 Å². The van der Waals surface area contributed by atoms with Gasteiger partial charge in [0.2, 0.25) is 11.8 Å². The van der Waals surface area contributed by atoms with Crippen molar-refractivity contribution >= 4 is 17.5 Å². The van der Waals surface area contributed by atoms with Gasteiger partial charge in [-0.3, -0.25) is 9.59 Å². The van der Waals surface area contributed by atoms with Crippen molar-refractivity contribution in [3.63, 3.8) is 0 Å². The molecule has 23 heavy (non-hydrogen) atoms. The monoisotopic (exact) mass is 308 g/mol. The number of hydrogen-bond acceptors (Lipinski definition) is 2. The Morgan fingerprint density at radius 3 is 2.35 bits per heavy atom. The third-order valence-corrected chi connectivity index (χ3v) is 4.28. The Bertz CT molecular complexity index is 685. The Hall–Kier alpha value is -2.62. The number of anilines is 1. The van der Waals surface area contributed by atoms with Gasteiger partial charge in [-0.25, -0.2) is 0 Å². The van der Waals surface area contributed by atoms with Crippen molar-refractivity contribution in [3.05, 3.63) is 66.2 Å². The third-order valence-electron chi connectivity index (χ3n) is 4.28. The number of para-hydroxylation sites is 1. The van der Waals surface area contributed by atoms with Gasteiger partial charge in [0.25, 0.3) is 0 Å². The molecule has 1 aliphatic rings. The predicted octanol–water partition coefficient (Wildman–Crippen LogP) is 2.84. The van der Waals surface area contributed by atoms with Crippen LogP contribution in [0, 0.1) is 0 Å². The lowest BCUT2D eigenvalue weighted by molar-refractivity contribution is -0.134. The Labute approximate surface area is 136 Å². The van der Waals surface area contributed by atoms with E-state index in [0.717, 1.165) is 11.3 Å². The van der Waals surface area contributed by atoms with E-state index in [1.165, 1.54) is 0 Å². The fourth-order valence-corrected chi connectivity index (χ4v) is 2.97. The molecular weight excluding hydrogens is 288 g/mol. The normalized spacial score (nSPS) is 17.3. The molecule has 2 amide bonds. The molecule has 0 N–H and O–H groups in total. The van der Waals surface area contributed by atoms with Crippen LogP contribution in [-0.2, 0) is 16.1 Å². The van der Waals surface area contributed by atoms with Gasteiger partial charge >= 0.3 is 0 Å². The van der Waals surface area contributed by atoms with Crippen molar-refractivity contribution < 1.29 is 9.59 Å². The minimum atomic E-state index is -0.382. The van der Waals surface area contributed by atoms with E-state index in [0.29, 0.717) is 19.4 Å². The van der Waals surface area contributed by atoms with Gasteiger partial charge in [-0.05, 0) is 24.1 Å². The van der Waals surface area contributed by atoms with Gasteiger partial charge in [0.1, 0.15) is 6.04 Å². The van der Waals surface area contributed by atoms with Crippen molar-refractivity contribution in [3.8, 4) is 0 Å². The van der Waals surface area contributed by atoms with Gasteiger partial charge in [0.15, 0.2) is 0 Å². The Morgan fingerprint density at radius 1 is 1.09 bits per heavy atom. The summed E-state index contributed by atoms with van der Waals surface area (Å²) in [6.07, 6.45) is 1.02. The summed E-state index contributed by atoms with van der Waals surface area (Å²) in [5.74, 6) is 0.0200. The first-order valence-electron chi connectivity index (χ1n) is 7.83. The van der Waals surface area contributed by atoms with Crippen LogP contribution in [0.5, 0.6) is 0 Å². The molecule has 1 atom stereocenters. The molecule has 1 fully saturated rings. The highest BCUT2D eigenvalue weighted by molar-refractivity contribution is 6.00. The number of benzene rings is 2. The molecule has 0 aromatic heterocycles. The summed E-state index contributed by atoms with van der Waals surface area (Å²) in [4.78, 5) is 28.4. The molecule has 1 heterocycles. The first-order chi connectivity index (χ1) is 11.2. The Balaban J connectivity index is 1.77. The summed E-state index contributed by atoms with van der Waals surface area (Å²) in [6, 6.07) is 18.9. The van der Waals surface area contributed by atoms with Crippen LogP contribution in [0.1, 0.15) is 18.4 Å². The highest BCUT2D eigenvalue weighted by Crippen LogP contribution is 2.24. The van der Waals surface area contributed by atoms with Crippen molar-refractivity contribution in [1.29, 1.82) is 0 Å². The van der Waals surface area contributed by atoms with Gasteiger partial charge in [0, 0.05) is 25.7 Å². The molecule has 1 aliphatic heterocycles. The molecule has 2 aromatic rings. The Kier molecular flexibility index (Phi) is 4.42. The standard InChI is InChI=1S/C19H20N2O2/c1-20(16-10-6-3-7-11-16)19(23)17-12-13-18(22)21(17)14-15-8-4-2-5-9-15/h2-11,17H,12-14H2,1H3. The van der Waals surface area contributed by atoms with Gasteiger partial charge in [0.05, 0.1) is 0 Å². The molecule has 0 radical (unpaired) electrons. The summed E-state index contributed by atoms with van der Waals surface area (Å²) in [5.41, 5.74) is 1.89. The molecule has 1 saturated heterocycles. The fraction of sp³-hybridized carbons (Fsp3) is 0.263. The smallest absolute Gasteiger partial charge is 0.249 e. The first kappa shape index (κ1) is 15.3. The van der Waals surface area contributed by atoms with Crippen molar-refractivity contribution in [2.24, 2.45) is 0 Å².